The normalized spacial score (nSPS) is 15.0. The molecule has 2 aromatic heterocycles. The predicted octanol–water partition coefficient (Wildman–Crippen LogP) is 1.07. The number of furan rings is 1. The lowest BCUT2D eigenvalue weighted by Crippen LogP contribution is -2.43. The number of piperidine rings is 1. The maximum Gasteiger partial charge on any atom is 0.374 e. The van der Waals surface area contributed by atoms with E-state index >= 15 is 0 Å². The molecule has 0 atom stereocenters. The maximum absolute atomic E-state index is 12.8. The first-order chi connectivity index (χ1) is 16.3. The minimum atomic E-state index is -3.93. The highest BCUT2D eigenvalue weighted by molar-refractivity contribution is 7.89. The van der Waals surface area contributed by atoms with Crippen molar-refractivity contribution in [2.45, 2.75) is 37.8 Å². The zero-order valence-electron chi connectivity index (χ0n) is 18.9. The van der Waals surface area contributed by atoms with Crippen LogP contribution in [0, 0.1) is 5.92 Å². The number of sulfonamides is 1. The molecule has 2 amide bonds. The number of pyridine rings is 1. The van der Waals surface area contributed by atoms with E-state index in [0.29, 0.717) is 19.4 Å². The number of nitrogens with one attached hydrogen (secondary N) is 2. The molecule has 12 heteroatoms. The molecule has 0 spiro atoms. The molecule has 1 aliphatic rings. The molecule has 0 radical (unpaired) electrons. The molecule has 1 saturated heterocycles. The van der Waals surface area contributed by atoms with Gasteiger partial charge in [-0.2, -0.15) is 4.31 Å². The zero-order chi connectivity index (χ0) is 24.6. The Bertz CT molecular complexity index is 1090. The highest BCUT2D eigenvalue weighted by Crippen LogP contribution is 2.25. The molecule has 2 aromatic rings. The third kappa shape index (κ3) is 6.64. The Morgan fingerprint density at radius 1 is 1.12 bits per heavy atom. The van der Waals surface area contributed by atoms with Gasteiger partial charge >= 0.3 is 5.97 Å². The van der Waals surface area contributed by atoms with Crippen LogP contribution >= 0.6 is 0 Å². The van der Waals surface area contributed by atoms with Crippen LogP contribution in [0.2, 0.25) is 0 Å². The van der Waals surface area contributed by atoms with Crippen molar-refractivity contribution in [1.29, 1.82) is 0 Å². The lowest BCUT2D eigenvalue weighted by Gasteiger charge is -2.29. The lowest BCUT2D eigenvalue weighted by atomic mass is 9.97. The first-order valence-corrected chi connectivity index (χ1v) is 12.5. The Hall–Kier alpha value is -3.25. The second-order valence-corrected chi connectivity index (χ2v) is 9.56. The number of nitrogens with zero attached hydrogens (tertiary/aromatic N) is 2. The van der Waals surface area contributed by atoms with E-state index in [1.54, 1.807) is 31.5 Å². The molecule has 11 nitrogen and oxygen atoms in total. The van der Waals surface area contributed by atoms with Gasteiger partial charge in [0, 0.05) is 50.9 Å². The summed E-state index contributed by atoms with van der Waals surface area (Å²) in [4.78, 5) is 40.0. The summed E-state index contributed by atoms with van der Waals surface area (Å²) in [7, 11) is -3.93. The molecule has 0 saturated carbocycles. The highest BCUT2D eigenvalue weighted by Gasteiger charge is 2.34. The largest absolute Gasteiger partial charge is 0.460 e. The van der Waals surface area contributed by atoms with Crippen molar-refractivity contribution in [3.8, 4) is 0 Å². The van der Waals surface area contributed by atoms with Crippen molar-refractivity contribution in [2.24, 2.45) is 5.92 Å². The molecule has 0 unspecified atom stereocenters. The quantitative estimate of drug-likeness (QED) is 0.468. The molecule has 2 N–H and O–H groups in total. The Balaban J connectivity index is 1.41. The third-order valence-corrected chi connectivity index (χ3v) is 7.14. The van der Waals surface area contributed by atoms with Gasteiger partial charge in [0.15, 0.2) is 0 Å². The van der Waals surface area contributed by atoms with Crippen LogP contribution in [0.15, 0.2) is 46.2 Å². The lowest BCUT2D eigenvalue weighted by molar-refractivity contribution is -0.126. The highest BCUT2D eigenvalue weighted by atomic mass is 32.2. The number of hydrogen-bond acceptors (Lipinski definition) is 8. The fourth-order valence-corrected chi connectivity index (χ4v) is 4.87. The van der Waals surface area contributed by atoms with Crippen LogP contribution in [0.4, 0.5) is 0 Å². The van der Waals surface area contributed by atoms with E-state index in [0.717, 1.165) is 5.56 Å². The van der Waals surface area contributed by atoms with Crippen LogP contribution in [-0.2, 0) is 30.9 Å². The Morgan fingerprint density at radius 3 is 2.50 bits per heavy atom. The average Bonchev–Trinajstić information content (AvgIpc) is 3.35. The minimum absolute atomic E-state index is 0.141. The van der Waals surface area contributed by atoms with Crippen LogP contribution in [0.3, 0.4) is 0 Å². The molecule has 0 bridgehead atoms. The Labute approximate surface area is 197 Å². The Kier molecular flexibility index (Phi) is 8.77. The molecule has 3 rings (SSSR count). The van der Waals surface area contributed by atoms with Crippen molar-refractivity contribution in [3.05, 3.63) is 48.0 Å². The fraction of sp³-hybridized carbons (Fsp3) is 0.455. The number of carbonyl (C=O) groups excluding carboxylic acids is 3. The second-order valence-electron chi connectivity index (χ2n) is 7.69. The van der Waals surface area contributed by atoms with Crippen molar-refractivity contribution >= 4 is 27.8 Å². The number of amides is 2. The summed E-state index contributed by atoms with van der Waals surface area (Å²) >= 11 is 0. The van der Waals surface area contributed by atoms with Crippen LogP contribution in [0.1, 0.15) is 42.3 Å². The predicted molar refractivity (Wildman–Crippen MR) is 120 cm³/mol. The third-order valence-electron chi connectivity index (χ3n) is 5.37. The fourth-order valence-electron chi connectivity index (χ4n) is 3.49. The smallest absolute Gasteiger partial charge is 0.374 e. The van der Waals surface area contributed by atoms with E-state index in [-0.39, 0.29) is 61.2 Å². The molecular weight excluding hydrogens is 464 g/mol. The molecule has 0 aliphatic carbocycles. The summed E-state index contributed by atoms with van der Waals surface area (Å²) in [6.07, 6.45) is 4.11. The number of rotatable bonds is 10. The number of ether oxygens (including phenoxy) is 1. The van der Waals surface area contributed by atoms with Crippen molar-refractivity contribution in [2.75, 3.05) is 26.2 Å². The number of esters is 1. The van der Waals surface area contributed by atoms with Crippen molar-refractivity contribution < 1.29 is 32.0 Å². The van der Waals surface area contributed by atoms with Gasteiger partial charge in [0.1, 0.15) is 0 Å². The van der Waals surface area contributed by atoms with E-state index in [9.17, 15) is 22.8 Å². The van der Waals surface area contributed by atoms with Gasteiger partial charge in [-0.3, -0.25) is 14.6 Å². The van der Waals surface area contributed by atoms with Crippen molar-refractivity contribution in [1.82, 2.24) is 19.9 Å². The van der Waals surface area contributed by atoms with Crippen LogP contribution < -0.4 is 10.6 Å². The number of hydrogen-bond donors (Lipinski definition) is 2. The van der Waals surface area contributed by atoms with E-state index in [1.807, 2.05) is 0 Å². The average molecular weight is 493 g/mol. The molecule has 184 valence electrons. The summed E-state index contributed by atoms with van der Waals surface area (Å²) in [6.45, 7) is 2.65. The summed E-state index contributed by atoms with van der Waals surface area (Å²) < 4.78 is 36.8. The van der Waals surface area contributed by atoms with Gasteiger partial charge in [-0.05, 0) is 49.6 Å². The van der Waals surface area contributed by atoms with Crippen molar-refractivity contribution in [3.63, 3.8) is 0 Å². The number of aromatic nitrogens is 1. The molecular formula is C22H28N4O7S. The van der Waals surface area contributed by atoms with Gasteiger partial charge in [-0.25, -0.2) is 13.2 Å². The summed E-state index contributed by atoms with van der Waals surface area (Å²) in [5, 5.41) is 5.19. The SMILES string of the molecule is CCOC(=O)c1ccc(S(=O)(=O)N2CCC(C(=O)NCCC(=O)NCc3ccncc3)CC2)o1. The van der Waals surface area contributed by atoms with E-state index in [4.69, 9.17) is 9.15 Å². The first-order valence-electron chi connectivity index (χ1n) is 11.0. The van der Waals surface area contributed by atoms with E-state index in [1.165, 1.54) is 16.4 Å². The number of carbonyl (C=O) groups is 3. The topological polar surface area (TPSA) is 148 Å². The second kappa shape index (κ2) is 11.7. The zero-order valence-corrected chi connectivity index (χ0v) is 19.7. The Morgan fingerprint density at radius 2 is 1.82 bits per heavy atom. The van der Waals surface area contributed by atoms with Gasteiger partial charge < -0.3 is 19.8 Å². The van der Waals surface area contributed by atoms with Crippen LogP contribution in [-0.4, -0.2) is 61.7 Å². The van der Waals surface area contributed by atoms with Crippen LogP contribution in [0.5, 0.6) is 0 Å². The standard InChI is InChI=1S/C22H28N4O7S/c1-2-32-22(29)18-3-4-20(33-18)34(30,31)26-13-8-17(9-14-26)21(28)24-12-7-19(27)25-15-16-5-10-23-11-6-16/h3-6,10-11,17H,2,7-9,12-15H2,1H3,(H,24,28)(H,25,27). The van der Waals surface area contributed by atoms with Gasteiger partial charge in [-0.1, -0.05) is 0 Å². The van der Waals surface area contributed by atoms with Gasteiger partial charge in [0.2, 0.25) is 22.7 Å². The summed E-state index contributed by atoms with van der Waals surface area (Å²) in [5.41, 5.74) is 0.931. The molecule has 1 aliphatic heterocycles. The monoisotopic (exact) mass is 492 g/mol. The van der Waals surface area contributed by atoms with Gasteiger partial charge in [0.05, 0.1) is 6.61 Å². The molecule has 3 heterocycles. The van der Waals surface area contributed by atoms with Crippen LogP contribution in [0.25, 0.3) is 0 Å². The van der Waals surface area contributed by atoms with E-state index in [2.05, 4.69) is 15.6 Å². The molecule has 1 fully saturated rings. The molecule has 34 heavy (non-hydrogen) atoms. The summed E-state index contributed by atoms with van der Waals surface area (Å²) in [6, 6.07) is 6.10. The van der Waals surface area contributed by atoms with Gasteiger partial charge in [0.25, 0.3) is 10.0 Å². The first kappa shape index (κ1) is 25.4. The molecule has 0 aromatic carbocycles. The van der Waals surface area contributed by atoms with Gasteiger partial charge in [-0.15, -0.1) is 0 Å². The van der Waals surface area contributed by atoms with E-state index < -0.39 is 16.0 Å². The minimum Gasteiger partial charge on any atom is -0.460 e. The maximum atomic E-state index is 12.8. The summed E-state index contributed by atoms with van der Waals surface area (Å²) in [5.74, 6) is -1.65.